The van der Waals surface area contributed by atoms with E-state index in [1.54, 1.807) is 32.0 Å². The topological polar surface area (TPSA) is 80.2 Å². The zero-order chi connectivity index (χ0) is 27.0. The minimum atomic E-state index is -4.53. The van der Waals surface area contributed by atoms with Gasteiger partial charge < -0.3 is 15.0 Å². The first-order chi connectivity index (χ1) is 17.4. The number of hydrogen-bond donors (Lipinski definition) is 1. The SMILES string of the molecule is COc1cccc(-c2sc(C)nc2C(=O)N2CC(F)(F)C[C@@H](C)[C@H]2CNc2ccc(C(F)(F)F)cn2)n1. The predicted molar refractivity (Wildman–Crippen MR) is 128 cm³/mol. The Hall–Kier alpha value is -3.35. The molecule has 1 aliphatic heterocycles. The molecule has 1 aliphatic rings. The molecule has 1 N–H and O–H groups in total. The van der Waals surface area contributed by atoms with Gasteiger partial charge in [0, 0.05) is 25.2 Å². The van der Waals surface area contributed by atoms with Gasteiger partial charge in [0.1, 0.15) is 11.5 Å². The number of halogens is 5. The smallest absolute Gasteiger partial charge is 0.417 e. The third kappa shape index (κ3) is 5.97. The molecule has 13 heteroatoms. The minimum Gasteiger partial charge on any atom is -0.481 e. The van der Waals surface area contributed by atoms with Crippen molar-refractivity contribution < 1.29 is 31.5 Å². The lowest BCUT2D eigenvalue weighted by Gasteiger charge is -2.43. The monoisotopic (exact) mass is 541 g/mol. The number of thiazole rings is 1. The molecule has 1 saturated heterocycles. The van der Waals surface area contributed by atoms with Crippen molar-refractivity contribution in [2.24, 2.45) is 5.92 Å². The fourth-order valence-electron chi connectivity index (χ4n) is 4.29. The molecule has 37 heavy (non-hydrogen) atoms. The third-order valence-electron chi connectivity index (χ3n) is 6.03. The molecule has 4 rings (SSSR count). The molecule has 0 saturated carbocycles. The summed E-state index contributed by atoms with van der Waals surface area (Å²) in [6, 6.07) is 6.36. The molecule has 0 radical (unpaired) electrons. The Balaban J connectivity index is 1.62. The predicted octanol–water partition coefficient (Wildman–Crippen LogP) is 5.53. The van der Waals surface area contributed by atoms with E-state index in [-0.39, 0.29) is 18.1 Å². The lowest BCUT2D eigenvalue weighted by molar-refractivity contribution is -0.137. The number of likely N-dealkylation sites (tertiary alicyclic amines) is 1. The maximum atomic E-state index is 14.6. The highest BCUT2D eigenvalue weighted by Crippen LogP contribution is 2.37. The number of methoxy groups -OCH3 is 1. The summed E-state index contributed by atoms with van der Waals surface area (Å²) in [6.45, 7) is 2.51. The summed E-state index contributed by atoms with van der Waals surface area (Å²) in [4.78, 5) is 27.7. The number of piperidine rings is 1. The standard InChI is InChI=1S/C24H24F5N5O2S/c1-13-9-23(25,26)12-34(17(13)11-31-18-8-7-15(10-30-18)24(27,28)29)22(35)20-21(37-14(2)32-20)16-5-4-6-19(33-16)36-3/h4-8,10,13,17H,9,11-12H2,1-3H3,(H,30,31)/t13-,17-/m1/s1. The van der Waals surface area contributed by atoms with E-state index in [2.05, 4.69) is 20.3 Å². The van der Waals surface area contributed by atoms with Crippen LogP contribution in [-0.4, -0.2) is 57.9 Å². The number of amides is 1. The van der Waals surface area contributed by atoms with E-state index in [0.29, 0.717) is 27.7 Å². The minimum absolute atomic E-state index is 0.00538. The number of alkyl halides is 5. The van der Waals surface area contributed by atoms with Crippen molar-refractivity contribution in [3.05, 3.63) is 52.8 Å². The molecule has 3 aromatic heterocycles. The van der Waals surface area contributed by atoms with Gasteiger partial charge in [-0.2, -0.15) is 13.2 Å². The molecule has 1 fully saturated rings. The summed E-state index contributed by atoms with van der Waals surface area (Å²) in [5.74, 6) is -3.95. The van der Waals surface area contributed by atoms with Crippen molar-refractivity contribution in [2.75, 3.05) is 25.5 Å². The van der Waals surface area contributed by atoms with Gasteiger partial charge in [-0.05, 0) is 31.0 Å². The number of carbonyl (C=O) groups excluding carboxylic acids is 1. The van der Waals surface area contributed by atoms with Gasteiger partial charge in [0.25, 0.3) is 11.8 Å². The van der Waals surface area contributed by atoms with Crippen LogP contribution in [-0.2, 0) is 6.18 Å². The van der Waals surface area contributed by atoms with Crippen LogP contribution in [0.25, 0.3) is 10.6 Å². The lowest BCUT2D eigenvalue weighted by atomic mass is 9.88. The van der Waals surface area contributed by atoms with E-state index < -0.39 is 48.5 Å². The molecule has 1 amide bonds. The number of nitrogens with one attached hydrogen (secondary N) is 1. The van der Waals surface area contributed by atoms with Gasteiger partial charge in [-0.25, -0.2) is 23.7 Å². The molecule has 0 bridgehead atoms. The van der Waals surface area contributed by atoms with Gasteiger partial charge in [0.15, 0.2) is 0 Å². The molecule has 0 unspecified atom stereocenters. The van der Waals surface area contributed by atoms with E-state index in [4.69, 9.17) is 4.74 Å². The zero-order valence-corrected chi connectivity index (χ0v) is 21.0. The van der Waals surface area contributed by atoms with Crippen LogP contribution in [0, 0.1) is 12.8 Å². The van der Waals surface area contributed by atoms with Crippen LogP contribution in [0.4, 0.5) is 27.8 Å². The first-order valence-electron chi connectivity index (χ1n) is 11.3. The van der Waals surface area contributed by atoms with Crippen LogP contribution in [0.2, 0.25) is 0 Å². The molecular weight excluding hydrogens is 517 g/mol. The highest BCUT2D eigenvalue weighted by molar-refractivity contribution is 7.15. The first kappa shape index (κ1) is 26.7. The summed E-state index contributed by atoms with van der Waals surface area (Å²) in [5.41, 5.74) is -0.474. The second-order valence-corrected chi connectivity index (χ2v) is 10.0. The van der Waals surface area contributed by atoms with Gasteiger partial charge in [0.2, 0.25) is 5.88 Å². The highest BCUT2D eigenvalue weighted by Gasteiger charge is 2.47. The summed E-state index contributed by atoms with van der Waals surface area (Å²) >= 11 is 1.21. The Labute approximate surface area is 213 Å². The third-order valence-corrected chi connectivity index (χ3v) is 7.02. The number of carbonyl (C=O) groups is 1. The first-order valence-corrected chi connectivity index (χ1v) is 12.1. The summed E-state index contributed by atoms with van der Waals surface area (Å²) in [6.07, 6.45) is -4.28. The Kier molecular flexibility index (Phi) is 7.36. The number of anilines is 1. The number of pyridine rings is 2. The van der Waals surface area contributed by atoms with Gasteiger partial charge >= 0.3 is 6.18 Å². The summed E-state index contributed by atoms with van der Waals surface area (Å²) in [5, 5.41) is 3.45. The van der Waals surface area contributed by atoms with Crippen molar-refractivity contribution in [1.29, 1.82) is 0 Å². The van der Waals surface area contributed by atoms with E-state index >= 15 is 0 Å². The Morgan fingerprint density at radius 2 is 2.00 bits per heavy atom. The Morgan fingerprint density at radius 1 is 1.24 bits per heavy atom. The van der Waals surface area contributed by atoms with Crippen molar-refractivity contribution in [2.45, 2.75) is 38.4 Å². The van der Waals surface area contributed by atoms with E-state index in [9.17, 15) is 26.7 Å². The molecule has 198 valence electrons. The van der Waals surface area contributed by atoms with Crippen molar-refractivity contribution in [1.82, 2.24) is 19.9 Å². The quantitative estimate of drug-likeness (QED) is 0.413. The largest absolute Gasteiger partial charge is 0.481 e. The molecule has 0 aromatic carbocycles. The number of aromatic nitrogens is 3. The molecule has 0 spiro atoms. The maximum absolute atomic E-state index is 14.6. The summed E-state index contributed by atoms with van der Waals surface area (Å²) in [7, 11) is 1.45. The van der Waals surface area contributed by atoms with Crippen molar-refractivity contribution in [3.63, 3.8) is 0 Å². The molecule has 3 aromatic rings. The van der Waals surface area contributed by atoms with Gasteiger partial charge in [-0.1, -0.05) is 13.0 Å². The molecule has 2 atom stereocenters. The van der Waals surface area contributed by atoms with Crippen LogP contribution in [0.15, 0.2) is 36.5 Å². The number of rotatable bonds is 6. The lowest BCUT2D eigenvalue weighted by Crippen LogP contribution is -2.57. The van der Waals surface area contributed by atoms with Crippen molar-refractivity contribution >= 4 is 23.1 Å². The number of nitrogens with zero attached hydrogens (tertiary/aromatic N) is 4. The molecular formula is C24H24F5N5O2S. The van der Waals surface area contributed by atoms with E-state index in [1.165, 1.54) is 18.4 Å². The van der Waals surface area contributed by atoms with E-state index in [0.717, 1.165) is 17.0 Å². The second kappa shape index (κ2) is 10.2. The van der Waals surface area contributed by atoms with E-state index in [1.807, 2.05) is 0 Å². The van der Waals surface area contributed by atoms with Crippen molar-refractivity contribution in [3.8, 4) is 16.5 Å². The van der Waals surface area contributed by atoms with Gasteiger partial charge in [-0.15, -0.1) is 11.3 Å². The molecule has 4 heterocycles. The normalized spacial score (nSPS) is 19.5. The average Bonchev–Trinajstić information content (AvgIpc) is 3.23. The number of hydrogen-bond acceptors (Lipinski definition) is 7. The number of ether oxygens (including phenoxy) is 1. The van der Waals surface area contributed by atoms with Crippen LogP contribution in [0.1, 0.15) is 34.4 Å². The molecule has 0 aliphatic carbocycles. The highest BCUT2D eigenvalue weighted by atomic mass is 32.1. The summed E-state index contributed by atoms with van der Waals surface area (Å²) < 4.78 is 72.9. The number of aryl methyl sites for hydroxylation is 1. The zero-order valence-electron chi connectivity index (χ0n) is 20.1. The maximum Gasteiger partial charge on any atom is 0.417 e. The second-order valence-electron chi connectivity index (χ2n) is 8.82. The Morgan fingerprint density at radius 3 is 2.65 bits per heavy atom. The van der Waals surface area contributed by atoms with Crippen LogP contribution < -0.4 is 10.1 Å². The molecule has 7 nitrogen and oxygen atoms in total. The van der Waals surface area contributed by atoms with Gasteiger partial charge in [0.05, 0.1) is 40.8 Å². The fourth-order valence-corrected chi connectivity index (χ4v) is 5.17. The van der Waals surface area contributed by atoms with Gasteiger partial charge in [-0.3, -0.25) is 4.79 Å². The van der Waals surface area contributed by atoms with Crippen LogP contribution >= 0.6 is 11.3 Å². The van der Waals surface area contributed by atoms with Crippen LogP contribution in [0.3, 0.4) is 0 Å². The Bertz CT molecular complexity index is 1270. The fraction of sp³-hybridized carbons (Fsp3) is 0.417. The van der Waals surface area contributed by atoms with Crippen LogP contribution in [0.5, 0.6) is 5.88 Å². The average molecular weight is 542 g/mol.